The van der Waals surface area contributed by atoms with E-state index < -0.39 is 0 Å². The van der Waals surface area contributed by atoms with Crippen LogP contribution in [0.15, 0.2) is 71.5 Å². The number of nitrogens with zero attached hydrogens (tertiary/aromatic N) is 2. The van der Waals surface area contributed by atoms with Crippen LogP contribution in [0.25, 0.3) is 5.57 Å². The molecular formula is C36H38N2O5. The van der Waals surface area contributed by atoms with Crippen molar-refractivity contribution in [2.24, 2.45) is 0 Å². The predicted octanol–water partition coefficient (Wildman–Crippen LogP) is 6.01. The molecule has 7 heteroatoms. The Bertz CT molecular complexity index is 1660. The van der Waals surface area contributed by atoms with E-state index in [1.54, 1.807) is 13.2 Å². The van der Waals surface area contributed by atoms with Crippen molar-refractivity contribution in [2.45, 2.75) is 50.3 Å². The van der Waals surface area contributed by atoms with Crippen molar-refractivity contribution in [2.75, 3.05) is 41.1 Å². The molecule has 1 saturated heterocycles. The number of rotatable bonds is 1. The van der Waals surface area contributed by atoms with Gasteiger partial charge in [-0.15, -0.1) is 0 Å². The molecule has 0 radical (unpaired) electrons. The molecule has 3 atom stereocenters. The van der Waals surface area contributed by atoms with Crippen LogP contribution in [-0.4, -0.2) is 68.1 Å². The molecule has 222 valence electrons. The van der Waals surface area contributed by atoms with Gasteiger partial charge in [-0.1, -0.05) is 23.8 Å². The fourth-order valence-corrected chi connectivity index (χ4v) is 7.76. The third-order valence-electron chi connectivity index (χ3n) is 10.1. The Labute approximate surface area is 252 Å². The number of methoxy groups -OCH3 is 1. The summed E-state index contributed by atoms with van der Waals surface area (Å²) in [4.78, 5) is 4.93. The van der Waals surface area contributed by atoms with Gasteiger partial charge < -0.3 is 24.1 Å². The summed E-state index contributed by atoms with van der Waals surface area (Å²) in [5.74, 6) is 3.17. The van der Waals surface area contributed by atoms with Crippen LogP contribution in [0.3, 0.4) is 0 Å². The van der Waals surface area contributed by atoms with Crippen LogP contribution in [0.2, 0.25) is 0 Å². The minimum Gasteiger partial charge on any atom is -0.504 e. The summed E-state index contributed by atoms with van der Waals surface area (Å²) in [6, 6.07) is 19.0. The van der Waals surface area contributed by atoms with Crippen molar-refractivity contribution in [3.8, 4) is 23.0 Å². The van der Waals surface area contributed by atoms with Crippen molar-refractivity contribution >= 4 is 5.57 Å². The summed E-state index contributed by atoms with van der Waals surface area (Å²) in [5.41, 5.74) is 10.1. The van der Waals surface area contributed by atoms with E-state index in [2.05, 4.69) is 48.2 Å². The largest absolute Gasteiger partial charge is 0.504 e. The lowest BCUT2D eigenvalue weighted by atomic mass is 9.75. The van der Waals surface area contributed by atoms with E-state index in [1.807, 2.05) is 24.3 Å². The van der Waals surface area contributed by atoms with Crippen molar-refractivity contribution in [1.82, 2.24) is 9.80 Å². The number of likely N-dealkylation sites (N-methyl/N-ethyl adjacent to an activating group) is 2. The Hall–Kier alpha value is -3.78. The molecule has 43 heavy (non-hydrogen) atoms. The van der Waals surface area contributed by atoms with E-state index in [0.29, 0.717) is 11.5 Å². The standard InChI is InChI=1S/C36H38N2O5/c1-37-12-10-23-17-31(40-3)27-19-26(23)28(37)15-22-6-9-30(39)32(16-22)43-25-7-4-21(5-8-25)14-29-34-24(11-13-38(29)2)18-33-36(35(27)34)42-20-41-33/h4-9,16-17,19,28-29,33,39H,10-15,18,20H2,1-3H3/t28-,29+,33?/m1/s1. The van der Waals surface area contributed by atoms with E-state index in [9.17, 15) is 5.11 Å². The number of ether oxygens (including phenoxy) is 4. The smallest absolute Gasteiger partial charge is 0.189 e. The molecule has 1 fully saturated rings. The summed E-state index contributed by atoms with van der Waals surface area (Å²) < 4.78 is 24.9. The van der Waals surface area contributed by atoms with Crippen LogP contribution in [0.5, 0.6) is 23.0 Å². The zero-order valence-corrected chi connectivity index (χ0v) is 25.1. The Kier molecular flexibility index (Phi) is 6.51. The number of benzene rings is 3. The van der Waals surface area contributed by atoms with Gasteiger partial charge >= 0.3 is 0 Å². The SMILES string of the molecule is COc1cc2c3cc1C1=C4OCOC4CC4=C1[C@H](Cc1ccc(cc1)Oc1cc(ccc1O)C[C@H]3N(C)CC2)N(C)CC4. The van der Waals surface area contributed by atoms with E-state index in [1.165, 1.54) is 27.8 Å². The molecule has 5 heterocycles. The number of phenols is 1. The van der Waals surface area contributed by atoms with Gasteiger partial charge in [0.1, 0.15) is 23.4 Å². The van der Waals surface area contributed by atoms with Gasteiger partial charge in [0.2, 0.25) is 0 Å². The topological polar surface area (TPSA) is 63.6 Å². The second-order valence-electron chi connectivity index (χ2n) is 12.6. The summed E-state index contributed by atoms with van der Waals surface area (Å²) in [6.45, 7) is 2.25. The van der Waals surface area contributed by atoms with Crippen LogP contribution in [0, 0.1) is 0 Å². The minimum absolute atomic E-state index is 0.0574. The first-order valence-corrected chi connectivity index (χ1v) is 15.4. The summed E-state index contributed by atoms with van der Waals surface area (Å²) in [6.07, 6.45) is 4.45. The average Bonchev–Trinajstić information content (AvgIpc) is 3.49. The summed E-state index contributed by atoms with van der Waals surface area (Å²) in [5, 5.41) is 10.7. The molecule has 0 saturated carbocycles. The monoisotopic (exact) mass is 578 g/mol. The lowest BCUT2D eigenvalue weighted by Gasteiger charge is -2.41. The lowest BCUT2D eigenvalue weighted by Crippen LogP contribution is -2.42. The maximum atomic E-state index is 10.7. The van der Waals surface area contributed by atoms with Gasteiger partial charge in [-0.3, -0.25) is 9.80 Å². The molecule has 1 unspecified atom stereocenters. The highest BCUT2D eigenvalue weighted by Crippen LogP contribution is 2.50. The van der Waals surface area contributed by atoms with Crippen molar-refractivity contribution in [3.63, 3.8) is 0 Å². The van der Waals surface area contributed by atoms with E-state index in [4.69, 9.17) is 18.9 Å². The maximum absolute atomic E-state index is 10.7. The van der Waals surface area contributed by atoms with Gasteiger partial charge in [-0.05, 0) is 104 Å². The Morgan fingerprint density at radius 1 is 0.860 bits per heavy atom. The first-order chi connectivity index (χ1) is 21.0. The second kappa shape index (κ2) is 10.4. The van der Waals surface area contributed by atoms with Gasteiger partial charge in [0.25, 0.3) is 0 Å². The predicted molar refractivity (Wildman–Crippen MR) is 165 cm³/mol. The van der Waals surface area contributed by atoms with Gasteiger partial charge in [-0.2, -0.15) is 0 Å². The fourth-order valence-electron chi connectivity index (χ4n) is 7.76. The Balaban J connectivity index is 1.38. The molecule has 3 aromatic carbocycles. The molecule has 6 bridgehead atoms. The molecule has 1 N–H and O–H groups in total. The van der Waals surface area contributed by atoms with Crippen molar-refractivity contribution in [1.29, 1.82) is 0 Å². The average molecular weight is 579 g/mol. The van der Waals surface area contributed by atoms with Crippen LogP contribution in [0.4, 0.5) is 0 Å². The Morgan fingerprint density at radius 2 is 1.63 bits per heavy atom. The highest BCUT2D eigenvalue weighted by molar-refractivity contribution is 5.88. The zero-order valence-electron chi connectivity index (χ0n) is 25.1. The lowest BCUT2D eigenvalue weighted by molar-refractivity contribution is 0.0496. The van der Waals surface area contributed by atoms with Crippen LogP contribution >= 0.6 is 0 Å². The third kappa shape index (κ3) is 4.53. The Morgan fingerprint density at radius 3 is 2.47 bits per heavy atom. The maximum Gasteiger partial charge on any atom is 0.189 e. The molecule has 0 spiro atoms. The normalized spacial score (nSPS) is 25.0. The van der Waals surface area contributed by atoms with Crippen molar-refractivity contribution in [3.05, 3.63) is 99.3 Å². The first kappa shape index (κ1) is 26.8. The van der Waals surface area contributed by atoms with Crippen LogP contribution < -0.4 is 9.47 Å². The van der Waals surface area contributed by atoms with E-state index >= 15 is 0 Å². The molecule has 9 rings (SSSR count). The van der Waals surface area contributed by atoms with Crippen molar-refractivity contribution < 1.29 is 24.1 Å². The quantitative estimate of drug-likeness (QED) is 0.380. The molecular weight excluding hydrogens is 540 g/mol. The van der Waals surface area contributed by atoms with Crippen LogP contribution in [0.1, 0.15) is 46.7 Å². The zero-order chi connectivity index (χ0) is 29.2. The molecule has 7 nitrogen and oxygen atoms in total. The van der Waals surface area contributed by atoms with E-state index in [-0.39, 0.29) is 30.7 Å². The minimum atomic E-state index is -0.0574. The number of hydrogen-bond donors (Lipinski definition) is 1. The summed E-state index contributed by atoms with van der Waals surface area (Å²) >= 11 is 0. The van der Waals surface area contributed by atoms with Gasteiger partial charge in [0.05, 0.1) is 7.11 Å². The second-order valence-corrected chi connectivity index (χ2v) is 12.6. The number of hydrogen-bond acceptors (Lipinski definition) is 7. The summed E-state index contributed by atoms with van der Waals surface area (Å²) in [7, 11) is 6.22. The van der Waals surface area contributed by atoms with Gasteiger partial charge in [0, 0.05) is 42.7 Å². The number of aromatic hydroxyl groups is 1. The number of fused-ring (bicyclic) bond motifs is 3. The molecule has 6 aliphatic rings. The molecule has 3 aromatic rings. The molecule has 5 aliphatic heterocycles. The number of phenolic OH excluding ortho intramolecular Hbond substituents is 1. The highest BCUT2D eigenvalue weighted by atomic mass is 16.7. The van der Waals surface area contributed by atoms with Gasteiger partial charge in [-0.25, -0.2) is 0 Å². The molecule has 0 aromatic heterocycles. The molecule has 1 aliphatic carbocycles. The highest BCUT2D eigenvalue weighted by Gasteiger charge is 2.42. The van der Waals surface area contributed by atoms with E-state index in [0.717, 1.165) is 73.4 Å². The fraction of sp³-hybridized carbons (Fsp3) is 0.389. The van der Waals surface area contributed by atoms with Gasteiger partial charge in [0.15, 0.2) is 18.3 Å². The van der Waals surface area contributed by atoms with Crippen LogP contribution in [-0.2, 0) is 28.7 Å². The third-order valence-corrected chi connectivity index (χ3v) is 10.1. The first-order valence-electron chi connectivity index (χ1n) is 15.4. The molecule has 0 amide bonds.